The molecule has 3 atom stereocenters. The lowest BCUT2D eigenvalue weighted by Gasteiger charge is -2.41. The first-order valence-corrected chi connectivity index (χ1v) is 6.62. The molecule has 0 unspecified atom stereocenters. The molecule has 0 spiro atoms. The van der Waals surface area contributed by atoms with E-state index in [0.29, 0.717) is 0 Å². The smallest absolute Gasteiger partial charge is 0.346 e. The summed E-state index contributed by atoms with van der Waals surface area (Å²) in [5, 5.41) is 0. The minimum Gasteiger partial charge on any atom is -0.346 e. The molecule has 0 N–H and O–H groups in total. The molecule has 0 aliphatic carbocycles. The Morgan fingerprint density at radius 3 is 1.96 bits per heavy atom. The van der Waals surface area contributed by atoms with Crippen LogP contribution in [0.15, 0.2) is 0 Å². The van der Waals surface area contributed by atoms with Gasteiger partial charge in [-0.15, -0.1) is 0 Å². The number of halogens is 9. The lowest BCUT2D eigenvalue weighted by Crippen LogP contribution is -2.65. The normalized spacial score (nSPS) is 27.5. The second-order valence-electron chi connectivity index (χ2n) is 5.19. The molecule has 3 nitrogen and oxygen atoms in total. The molecule has 0 saturated carbocycles. The average molecular weight is 376 g/mol. The zero-order valence-electron chi connectivity index (χ0n) is 12.3. The van der Waals surface area contributed by atoms with Crippen molar-refractivity contribution in [3.05, 3.63) is 0 Å². The first-order valence-electron chi connectivity index (χ1n) is 6.62. The van der Waals surface area contributed by atoms with Crippen molar-refractivity contribution in [2.24, 2.45) is 5.92 Å². The number of carbonyl (C=O) groups is 1. The van der Waals surface area contributed by atoms with Gasteiger partial charge in [-0.1, -0.05) is 0 Å². The van der Waals surface area contributed by atoms with E-state index < -0.39 is 54.5 Å². The van der Waals surface area contributed by atoms with Crippen molar-refractivity contribution < 1.29 is 53.8 Å². The summed E-state index contributed by atoms with van der Waals surface area (Å²) < 4.78 is 126. The maximum Gasteiger partial charge on any atom is 0.460 e. The van der Waals surface area contributed by atoms with E-state index in [0.717, 1.165) is 6.92 Å². The lowest BCUT2D eigenvalue weighted by molar-refractivity contribution is -0.403. The van der Waals surface area contributed by atoms with Crippen LogP contribution in [0.4, 0.5) is 39.5 Å². The molecule has 1 aliphatic rings. The molecule has 0 amide bonds. The van der Waals surface area contributed by atoms with Gasteiger partial charge in [0, 0.05) is 6.61 Å². The fraction of sp³-hybridized carbons (Fsp3) is 0.917. The van der Waals surface area contributed by atoms with Crippen LogP contribution < -0.4 is 0 Å². The minimum absolute atomic E-state index is 0.267. The van der Waals surface area contributed by atoms with E-state index in [1.807, 2.05) is 0 Å². The standard InChI is InChI=1S/C12H13F9O3/c1-3-23-8-7(22)6(4-5(2)24-8)9(13,14)10(15,16)11(17,18)12(19,20)21/h5-6,8H,3-4H2,1-2H3/t5-,6+,8+/m0/s1. The van der Waals surface area contributed by atoms with Crippen LogP contribution in [0.3, 0.4) is 0 Å². The molecule has 1 aliphatic heterocycles. The molecule has 1 rings (SSSR count). The number of alkyl halides is 9. The first-order chi connectivity index (χ1) is 10.6. The monoisotopic (exact) mass is 376 g/mol. The predicted molar refractivity (Wildman–Crippen MR) is 60.0 cm³/mol. The SMILES string of the molecule is CCO[C@@H]1O[C@@H](C)C[C@@H](C(F)(F)C(F)(F)C(F)(F)C(F)(F)F)C1=O. The Balaban J connectivity index is 3.28. The molecule has 1 fully saturated rings. The van der Waals surface area contributed by atoms with Crippen molar-refractivity contribution >= 4 is 5.78 Å². The molecule has 1 saturated heterocycles. The van der Waals surface area contributed by atoms with Crippen LogP contribution in [-0.4, -0.2) is 48.7 Å². The summed E-state index contributed by atoms with van der Waals surface area (Å²) in [6, 6.07) is 0. The van der Waals surface area contributed by atoms with Crippen molar-refractivity contribution in [3.63, 3.8) is 0 Å². The van der Waals surface area contributed by atoms with Crippen molar-refractivity contribution in [2.75, 3.05) is 6.61 Å². The number of rotatable bonds is 5. The maximum absolute atomic E-state index is 13.9. The highest BCUT2D eigenvalue weighted by molar-refractivity contribution is 5.86. The second kappa shape index (κ2) is 6.36. The predicted octanol–water partition coefficient (Wildman–Crippen LogP) is 3.81. The Labute approximate surface area is 130 Å². The van der Waals surface area contributed by atoms with Crippen LogP contribution in [0.25, 0.3) is 0 Å². The topological polar surface area (TPSA) is 35.5 Å². The molecule has 24 heavy (non-hydrogen) atoms. The molecular weight excluding hydrogens is 363 g/mol. The van der Waals surface area contributed by atoms with Gasteiger partial charge in [0.25, 0.3) is 0 Å². The zero-order valence-corrected chi connectivity index (χ0v) is 12.3. The molecule has 0 aromatic rings. The van der Waals surface area contributed by atoms with Gasteiger partial charge in [0.15, 0.2) is 5.78 Å². The molecule has 0 aromatic heterocycles. The highest BCUT2D eigenvalue weighted by atomic mass is 19.4. The van der Waals surface area contributed by atoms with Gasteiger partial charge in [-0.05, 0) is 20.3 Å². The van der Waals surface area contributed by atoms with E-state index in [4.69, 9.17) is 4.74 Å². The number of ketones is 1. The average Bonchev–Trinajstić information content (AvgIpc) is 2.40. The Bertz CT molecular complexity index is 475. The molecule has 142 valence electrons. The number of hydrogen-bond acceptors (Lipinski definition) is 3. The van der Waals surface area contributed by atoms with Crippen molar-refractivity contribution in [2.45, 2.75) is 56.6 Å². The number of hydrogen-bond donors (Lipinski definition) is 0. The summed E-state index contributed by atoms with van der Waals surface area (Å²) in [6.07, 6.45) is -11.5. The van der Waals surface area contributed by atoms with Gasteiger partial charge in [-0.2, -0.15) is 39.5 Å². The first kappa shape index (κ1) is 21.0. The number of ether oxygens (including phenoxy) is 2. The van der Waals surface area contributed by atoms with Crippen LogP contribution in [0.2, 0.25) is 0 Å². The van der Waals surface area contributed by atoms with E-state index >= 15 is 0 Å². The van der Waals surface area contributed by atoms with Crippen LogP contribution in [0.5, 0.6) is 0 Å². The quantitative estimate of drug-likeness (QED) is 0.685. The van der Waals surface area contributed by atoms with Gasteiger partial charge in [-0.3, -0.25) is 4.79 Å². The Hall–Kier alpha value is -1.04. The van der Waals surface area contributed by atoms with Gasteiger partial charge in [-0.25, -0.2) is 0 Å². The fourth-order valence-electron chi connectivity index (χ4n) is 2.15. The van der Waals surface area contributed by atoms with Gasteiger partial charge < -0.3 is 9.47 Å². The third-order valence-corrected chi connectivity index (χ3v) is 3.42. The third-order valence-electron chi connectivity index (χ3n) is 3.42. The van der Waals surface area contributed by atoms with E-state index in [-0.39, 0.29) is 6.61 Å². The van der Waals surface area contributed by atoms with E-state index in [9.17, 15) is 44.3 Å². The highest BCUT2D eigenvalue weighted by Gasteiger charge is 2.83. The summed E-state index contributed by atoms with van der Waals surface area (Å²) >= 11 is 0. The molecule has 0 aromatic carbocycles. The Morgan fingerprint density at radius 1 is 1.04 bits per heavy atom. The second-order valence-corrected chi connectivity index (χ2v) is 5.19. The molecule has 1 heterocycles. The highest BCUT2D eigenvalue weighted by Crippen LogP contribution is 2.56. The van der Waals surface area contributed by atoms with Crippen molar-refractivity contribution in [3.8, 4) is 0 Å². The van der Waals surface area contributed by atoms with Gasteiger partial charge >= 0.3 is 23.9 Å². The largest absolute Gasteiger partial charge is 0.460 e. The summed E-state index contributed by atoms with van der Waals surface area (Å²) in [4.78, 5) is 11.7. The molecule has 0 bridgehead atoms. The summed E-state index contributed by atoms with van der Waals surface area (Å²) in [7, 11) is 0. The van der Waals surface area contributed by atoms with Gasteiger partial charge in [0.1, 0.15) is 0 Å². The van der Waals surface area contributed by atoms with E-state index in [2.05, 4.69) is 4.74 Å². The van der Waals surface area contributed by atoms with E-state index in [1.54, 1.807) is 0 Å². The van der Waals surface area contributed by atoms with Crippen LogP contribution in [0, 0.1) is 5.92 Å². The molecule has 0 radical (unpaired) electrons. The van der Waals surface area contributed by atoms with Gasteiger partial charge in [0.2, 0.25) is 6.29 Å². The zero-order chi connectivity index (χ0) is 19.1. The Kier molecular flexibility index (Phi) is 5.56. The lowest BCUT2D eigenvalue weighted by atomic mass is 9.83. The maximum atomic E-state index is 13.9. The van der Waals surface area contributed by atoms with E-state index in [1.165, 1.54) is 6.92 Å². The van der Waals surface area contributed by atoms with Crippen LogP contribution in [-0.2, 0) is 14.3 Å². The summed E-state index contributed by atoms with van der Waals surface area (Å²) in [6.45, 7) is 2.09. The number of carbonyl (C=O) groups excluding carboxylic acids is 1. The van der Waals surface area contributed by atoms with Crippen molar-refractivity contribution in [1.82, 2.24) is 0 Å². The molecular formula is C12H13F9O3. The summed E-state index contributed by atoms with van der Waals surface area (Å²) in [5.41, 5.74) is 0. The third kappa shape index (κ3) is 3.22. The summed E-state index contributed by atoms with van der Waals surface area (Å²) in [5.74, 6) is -24.8. The van der Waals surface area contributed by atoms with Crippen molar-refractivity contribution in [1.29, 1.82) is 0 Å². The minimum atomic E-state index is -7.04. The van der Waals surface area contributed by atoms with Crippen LogP contribution >= 0.6 is 0 Å². The van der Waals surface area contributed by atoms with Crippen LogP contribution in [0.1, 0.15) is 20.3 Å². The Morgan fingerprint density at radius 2 is 1.54 bits per heavy atom. The van der Waals surface area contributed by atoms with Gasteiger partial charge in [0.05, 0.1) is 12.0 Å². The number of Topliss-reactive ketones (excluding diaryl/α,β-unsaturated/α-hetero) is 1. The fourth-order valence-corrected chi connectivity index (χ4v) is 2.15. The molecule has 12 heteroatoms.